The van der Waals surface area contributed by atoms with Crippen LogP contribution in [0, 0.1) is 5.82 Å². The highest BCUT2D eigenvalue weighted by Crippen LogP contribution is 2.19. The molecule has 1 unspecified atom stereocenters. The lowest BCUT2D eigenvalue weighted by Gasteiger charge is -2.15. The summed E-state index contributed by atoms with van der Waals surface area (Å²) in [5, 5.41) is 12.0. The molecule has 0 aliphatic heterocycles. The standard InChI is InChI=1S/C14H12ClFN2O2/c1-8(9-3-2-4-11(19)5-9)18-14(20)12-6-10(16)7-17-13(12)15/h2-8,19H,1H3,(H,18,20). The average molecular weight is 295 g/mol. The zero-order valence-corrected chi connectivity index (χ0v) is 11.4. The molecule has 0 aliphatic carbocycles. The summed E-state index contributed by atoms with van der Waals surface area (Å²) in [5.41, 5.74) is 0.692. The monoisotopic (exact) mass is 294 g/mol. The van der Waals surface area contributed by atoms with Crippen molar-refractivity contribution in [2.75, 3.05) is 0 Å². The number of benzene rings is 1. The number of amides is 1. The van der Waals surface area contributed by atoms with E-state index in [1.54, 1.807) is 19.1 Å². The first kappa shape index (κ1) is 14.3. The van der Waals surface area contributed by atoms with Gasteiger partial charge >= 0.3 is 0 Å². The maximum Gasteiger partial charge on any atom is 0.254 e. The maximum absolute atomic E-state index is 13.1. The molecule has 20 heavy (non-hydrogen) atoms. The van der Waals surface area contributed by atoms with Crippen LogP contribution in [-0.2, 0) is 0 Å². The van der Waals surface area contributed by atoms with Gasteiger partial charge < -0.3 is 10.4 Å². The van der Waals surface area contributed by atoms with E-state index in [9.17, 15) is 14.3 Å². The zero-order chi connectivity index (χ0) is 14.7. The molecule has 0 saturated carbocycles. The minimum Gasteiger partial charge on any atom is -0.508 e. The number of hydrogen-bond donors (Lipinski definition) is 2. The first-order chi connectivity index (χ1) is 9.47. The molecule has 6 heteroatoms. The van der Waals surface area contributed by atoms with Crippen LogP contribution in [0.3, 0.4) is 0 Å². The van der Waals surface area contributed by atoms with Crippen molar-refractivity contribution in [3.8, 4) is 5.75 Å². The summed E-state index contributed by atoms with van der Waals surface area (Å²) in [5.74, 6) is -1.06. The number of phenolic OH excluding ortho intramolecular Hbond substituents is 1. The van der Waals surface area contributed by atoms with Gasteiger partial charge in [0.15, 0.2) is 0 Å². The van der Waals surface area contributed by atoms with Gasteiger partial charge in [-0.3, -0.25) is 4.79 Å². The molecular weight excluding hydrogens is 283 g/mol. The van der Waals surface area contributed by atoms with E-state index in [0.717, 1.165) is 17.8 Å². The van der Waals surface area contributed by atoms with Gasteiger partial charge in [-0.1, -0.05) is 23.7 Å². The molecule has 1 amide bonds. The van der Waals surface area contributed by atoms with Crippen LogP contribution in [0.1, 0.15) is 28.9 Å². The number of pyridine rings is 1. The Morgan fingerprint density at radius 1 is 1.45 bits per heavy atom. The summed E-state index contributed by atoms with van der Waals surface area (Å²) in [7, 11) is 0. The Morgan fingerprint density at radius 3 is 2.90 bits per heavy atom. The quantitative estimate of drug-likeness (QED) is 0.855. The van der Waals surface area contributed by atoms with Crippen LogP contribution in [0.5, 0.6) is 5.75 Å². The zero-order valence-electron chi connectivity index (χ0n) is 10.6. The van der Waals surface area contributed by atoms with Crippen LogP contribution in [0.2, 0.25) is 5.15 Å². The highest BCUT2D eigenvalue weighted by atomic mass is 35.5. The SMILES string of the molecule is CC(NC(=O)c1cc(F)cnc1Cl)c1cccc(O)c1. The van der Waals surface area contributed by atoms with E-state index in [-0.39, 0.29) is 22.5 Å². The Bertz CT molecular complexity index is 649. The molecule has 1 aromatic carbocycles. The van der Waals surface area contributed by atoms with Crippen molar-refractivity contribution in [1.29, 1.82) is 0 Å². The second-order valence-electron chi connectivity index (χ2n) is 4.28. The third-order valence-electron chi connectivity index (χ3n) is 2.77. The first-order valence-electron chi connectivity index (χ1n) is 5.88. The summed E-state index contributed by atoms with van der Waals surface area (Å²) >= 11 is 5.77. The van der Waals surface area contributed by atoms with Crippen LogP contribution in [0.4, 0.5) is 4.39 Å². The Kier molecular flexibility index (Phi) is 4.20. The molecule has 0 radical (unpaired) electrons. The van der Waals surface area contributed by atoms with E-state index >= 15 is 0 Å². The summed E-state index contributed by atoms with van der Waals surface area (Å²) in [6, 6.07) is 7.16. The van der Waals surface area contributed by atoms with Crippen molar-refractivity contribution in [3.63, 3.8) is 0 Å². The minimum atomic E-state index is -0.635. The molecule has 0 saturated heterocycles. The van der Waals surface area contributed by atoms with Gasteiger partial charge in [-0.15, -0.1) is 0 Å². The fourth-order valence-electron chi connectivity index (χ4n) is 1.73. The van der Waals surface area contributed by atoms with E-state index in [2.05, 4.69) is 10.3 Å². The largest absolute Gasteiger partial charge is 0.508 e. The number of aromatic hydroxyl groups is 1. The van der Waals surface area contributed by atoms with Crippen LogP contribution in [0.15, 0.2) is 36.5 Å². The third kappa shape index (κ3) is 3.24. The molecule has 104 valence electrons. The fourth-order valence-corrected chi connectivity index (χ4v) is 1.92. The van der Waals surface area contributed by atoms with Gasteiger partial charge in [-0.2, -0.15) is 0 Å². The number of nitrogens with one attached hydrogen (secondary N) is 1. The lowest BCUT2D eigenvalue weighted by molar-refractivity contribution is 0.0939. The van der Waals surface area contributed by atoms with Crippen molar-refractivity contribution >= 4 is 17.5 Å². The van der Waals surface area contributed by atoms with E-state index in [4.69, 9.17) is 11.6 Å². The Labute approximate surface area is 120 Å². The molecule has 1 atom stereocenters. The summed E-state index contributed by atoms with van der Waals surface area (Å²) in [6.45, 7) is 1.74. The normalized spacial score (nSPS) is 11.9. The van der Waals surface area contributed by atoms with Gasteiger partial charge in [0.1, 0.15) is 16.7 Å². The summed E-state index contributed by atoms with van der Waals surface area (Å²) in [4.78, 5) is 15.6. The third-order valence-corrected chi connectivity index (χ3v) is 3.07. The van der Waals surface area contributed by atoms with Crippen molar-refractivity contribution in [2.24, 2.45) is 0 Å². The minimum absolute atomic E-state index is 0.0290. The smallest absolute Gasteiger partial charge is 0.254 e. The summed E-state index contributed by atoms with van der Waals surface area (Å²) < 4.78 is 13.1. The lowest BCUT2D eigenvalue weighted by Crippen LogP contribution is -2.27. The molecule has 0 spiro atoms. The molecule has 1 heterocycles. The van der Waals surface area contributed by atoms with E-state index in [1.807, 2.05) is 0 Å². The predicted molar refractivity (Wildman–Crippen MR) is 73.2 cm³/mol. The fraction of sp³-hybridized carbons (Fsp3) is 0.143. The Hall–Kier alpha value is -2.14. The molecular formula is C14H12ClFN2O2. The molecule has 0 aliphatic rings. The van der Waals surface area contributed by atoms with Crippen LogP contribution in [-0.4, -0.2) is 16.0 Å². The van der Waals surface area contributed by atoms with Crippen molar-refractivity contribution in [1.82, 2.24) is 10.3 Å². The van der Waals surface area contributed by atoms with Crippen LogP contribution < -0.4 is 5.32 Å². The topological polar surface area (TPSA) is 62.2 Å². The molecule has 4 nitrogen and oxygen atoms in total. The Balaban J connectivity index is 2.17. The molecule has 2 N–H and O–H groups in total. The first-order valence-corrected chi connectivity index (χ1v) is 6.26. The number of aromatic nitrogens is 1. The van der Waals surface area contributed by atoms with Gasteiger partial charge in [0, 0.05) is 0 Å². The average Bonchev–Trinajstić information content (AvgIpc) is 2.41. The highest BCUT2D eigenvalue weighted by molar-refractivity contribution is 6.32. The number of nitrogens with zero attached hydrogens (tertiary/aromatic N) is 1. The van der Waals surface area contributed by atoms with Gasteiger partial charge in [0.2, 0.25) is 0 Å². The number of carbonyl (C=O) groups excluding carboxylic acids is 1. The number of phenols is 1. The lowest BCUT2D eigenvalue weighted by atomic mass is 10.1. The van der Waals surface area contributed by atoms with Crippen LogP contribution in [0.25, 0.3) is 0 Å². The summed E-state index contributed by atoms with van der Waals surface area (Å²) in [6.07, 6.45) is 0.942. The Morgan fingerprint density at radius 2 is 2.20 bits per heavy atom. The van der Waals surface area contributed by atoms with Gasteiger partial charge in [0.05, 0.1) is 17.8 Å². The van der Waals surface area contributed by atoms with Crippen molar-refractivity contribution in [3.05, 3.63) is 58.6 Å². The van der Waals surface area contributed by atoms with E-state index in [1.165, 1.54) is 12.1 Å². The molecule has 0 bridgehead atoms. The van der Waals surface area contributed by atoms with Gasteiger partial charge in [-0.05, 0) is 30.7 Å². The second kappa shape index (κ2) is 5.88. The molecule has 2 aromatic rings. The van der Waals surface area contributed by atoms with Gasteiger partial charge in [0.25, 0.3) is 5.91 Å². The highest BCUT2D eigenvalue weighted by Gasteiger charge is 2.16. The predicted octanol–water partition coefficient (Wildman–Crippen LogP) is 3.07. The number of hydrogen-bond acceptors (Lipinski definition) is 3. The molecule has 2 rings (SSSR count). The van der Waals surface area contributed by atoms with E-state index < -0.39 is 11.7 Å². The van der Waals surface area contributed by atoms with E-state index in [0.29, 0.717) is 0 Å². The molecule has 1 aromatic heterocycles. The number of halogens is 2. The van der Waals surface area contributed by atoms with Gasteiger partial charge in [-0.25, -0.2) is 9.37 Å². The second-order valence-corrected chi connectivity index (χ2v) is 4.64. The molecule has 0 fully saturated rings. The van der Waals surface area contributed by atoms with Crippen molar-refractivity contribution in [2.45, 2.75) is 13.0 Å². The van der Waals surface area contributed by atoms with Crippen LogP contribution >= 0.6 is 11.6 Å². The van der Waals surface area contributed by atoms with Crippen molar-refractivity contribution < 1.29 is 14.3 Å². The number of rotatable bonds is 3. The number of carbonyl (C=O) groups is 1. The maximum atomic E-state index is 13.1.